The third kappa shape index (κ3) is 1.89. The molecule has 1 aliphatic carbocycles. The summed E-state index contributed by atoms with van der Waals surface area (Å²) in [6, 6.07) is 4.36. The van der Waals surface area contributed by atoms with Gasteiger partial charge in [-0.15, -0.1) is 0 Å². The Hall–Kier alpha value is -0.800. The van der Waals surface area contributed by atoms with Crippen molar-refractivity contribution in [1.82, 2.24) is 0 Å². The van der Waals surface area contributed by atoms with Crippen LogP contribution in [0, 0.1) is 11.2 Å². The Balaban J connectivity index is 2.13. The molecule has 0 amide bonds. The molecule has 1 aromatic rings. The third-order valence-corrected chi connectivity index (χ3v) is 3.80. The Morgan fingerprint density at radius 2 is 2.19 bits per heavy atom. The molecule has 2 unspecified atom stereocenters. The summed E-state index contributed by atoms with van der Waals surface area (Å²) < 4.78 is 13.0. The number of benzene rings is 1. The van der Waals surface area contributed by atoms with Crippen LogP contribution in [0.3, 0.4) is 0 Å². The first-order valence-electron chi connectivity index (χ1n) is 5.31. The highest BCUT2D eigenvalue weighted by molar-refractivity contribution is 6.33. The van der Waals surface area contributed by atoms with Crippen LogP contribution < -0.4 is 5.32 Å². The molecule has 1 aromatic carbocycles. The van der Waals surface area contributed by atoms with Gasteiger partial charge in [-0.1, -0.05) is 25.4 Å². The highest BCUT2D eigenvalue weighted by Gasteiger charge is 2.47. The SMILES string of the molecule is CC1(C)C(O)CC1Nc1cc(F)ccc1Cl. The smallest absolute Gasteiger partial charge is 0.125 e. The number of anilines is 1. The van der Waals surface area contributed by atoms with Crippen LogP contribution in [0.5, 0.6) is 0 Å². The maximum atomic E-state index is 13.0. The van der Waals surface area contributed by atoms with E-state index in [4.69, 9.17) is 11.6 Å². The number of aliphatic hydroxyl groups excluding tert-OH is 1. The van der Waals surface area contributed by atoms with Crippen molar-refractivity contribution in [2.24, 2.45) is 5.41 Å². The van der Waals surface area contributed by atoms with Gasteiger partial charge < -0.3 is 10.4 Å². The largest absolute Gasteiger partial charge is 0.392 e. The predicted molar refractivity (Wildman–Crippen MR) is 63.2 cm³/mol. The molecule has 2 rings (SSSR count). The molecule has 0 aromatic heterocycles. The normalized spacial score (nSPS) is 27.3. The number of nitrogens with one attached hydrogen (secondary N) is 1. The number of rotatable bonds is 2. The van der Waals surface area contributed by atoms with Crippen molar-refractivity contribution in [3.05, 3.63) is 29.0 Å². The van der Waals surface area contributed by atoms with Crippen molar-refractivity contribution in [3.63, 3.8) is 0 Å². The first-order chi connectivity index (χ1) is 7.41. The predicted octanol–water partition coefficient (Wildman–Crippen LogP) is 3.05. The zero-order valence-electron chi connectivity index (χ0n) is 9.30. The highest BCUT2D eigenvalue weighted by Crippen LogP contribution is 2.42. The lowest BCUT2D eigenvalue weighted by Gasteiger charge is -2.50. The molecule has 0 heterocycles. The molecular formula is C12H15ClFNO. The van der Waals surface area contributed by atoms with Gasteiger partial charge in [-0.05, 0) is 24.6 Å². The molecule has 4 heteroatoms. The van der Waals surface area contributed by atoms with Crippen molar-refractivity contribution >= 4 is 17.3 Å². The molecule has 2 N–H and O–H groups in total. The van der Waals surface area contributed by atoms with Gasteiger partial charge in [0.25, 0.3) is 0 Å². The molecule has 1 fully saturated rings. The molecule has 16 heavy (non-hydrogen) atoms. The molecule has 0 radical (unpaired) electrons. The van der Waals surface area contributed by atoms with Gasteiger partial charge in [0.1, 0.15) is 5.82 Å². The minimum atomic E-state index is -0.315. The number of hydrogen-bond donors (Lipinski definition) is 2. The van der Waals surface area contributed by atoms with Crippen molar-refractivity contribution in [1.29, 1.82) is 0 Å². The standard InChI is InChI=1S/C12H15ClFNO/c1-12(2)10(6-11(12)16)15-9-5-7(14)3-4-8(9)13/h3-5,10-11,15-16H,6H2,1-2H3. The van der Waals surface area contributed by atoms with Gasteiger partial charge in [-0.2, -0.15) is 0 Å². The Morgan fingerprint density at radius 3 is 2.75 bits per heavy atom. The zero-order chi connectivity index (χ0) is 11.9. The van der Waals surface area contributed by atoms with Crippen LogP contribution in [0.2, 0.25) is 5.02 Å². The lowest BCUT2D eigenvalue weighted by molar-refractivity contribution is -0.0510. The van der Waals surface area contributed by atoms with Gasteiger partial charge in [0.05, 0.1) is 16.8 Å². The fraction of sp³-hybridized carbons (Fsp3) is 0.500. The van der Waals surface area contributed by atoms with Crippen LogP contribution in [0.25, 0.3) is 0 Å². The summed E-state index contributed by atoms with van der Waals surface area (Å²) in [7, 11) is 0. The molecule has 0 aliphatic heterocycles. The third-order valence-electron chi connectivity index (χ3n) is 3.47. The first-order valence-corrected chi connectivity index (χ1v) is 5.68. The summed E-state index contributed by atoms with van der Waals surface area (Å²) in [4.78, 5) is 0. The summed E-state index contributed by atoms with van der Waals surface area (Å²) in [5.74, 6) is -0.315. The zero-order valence-corrected chi connectivity index (χ0v) is 10.1. The second kappa shape index (κ2) is 3.90. The van der Waals surface area contributed by atoms with Gasteiger partial charge in [0.2, 0.25) is 0 Å². The van der Waals surface area contributed by atoms with Gasteiger partial charge in [0, 0.05) is 11.5 Å². The van der Waals surface area contributed by atoms with Crippen molar-refractivity contribution in [3.8, 4) is 0 Å². The lowest BCUT2D eigenvalue weighted by atomic mass is 9.64. The molecule has 2 nitrogen and oxygen atoms in total. The molecule has 0 saturated heterocycles. The van der Waals surface area contributed by atoms with Crippen LogP contribution in [0.1, 0.15) is 20.3 Å². The molecule has 88 valence electrons. The number of aliphatic hydroxyl groups is 1. The van der Waals surface area contributed by atoms with Crippen LogP contribution in [-0.4, -0.2) is 17.3 Å². The van der Waals surface area contributed by atoms with Crippen LogP contribution in [0.15, 0.2) is 18.2 Å². The number of hydrogen-bond acceptors (Lipinski definition) is 2. The molecular weight excluding hydrogens is 229 g/mol. The molecule has 0 bridgehead atoms. The maximum absolute atomic E-state index is 13.0. The second-order valence-corrected chi connectivity index (χ2v) is 5.30. The van der Waals surface area contributed by atoms with E-state index in [1.807, 2.05) is 13.8 Å². The quantitative estimate of drug-likeness (QED) is 0.837. The van der Waals surface area contributed by atoms with E-state index in [0.717, 1.165) is 0 Å². The number of halogens is 2. The average molecular weight is 244 g/mol. The van der Waals surface area contributed by atoms with Gasteiger partial charge in [-0.25, -0.2) is 4.39 Å². The Bertz CT molecular complexity index is 408. The van der Waals surface area contributed by atoms with Crippen LogP contribution in [0.4, 0.5) is 10.1 Å². The summed E-state index contributed by atoms with van der Waals surface area (Å²) >= 11 is 5.96. The minimum absolute atomic E-state index is 0.127. The Kier molecular flexibility index (Phi) is 2.84. The Labute approximate surface area is 99.4 Å². The summed E-state index contributed by atoms with van der Waals surface area (Å²) in [5, 5.41) is 13.3. The Morgan fingerprint density at radius 1 is 1.50 bits per heavy atom. The molecule has 1 saturated carbocycles. The van der Waals surface area contributed by atoms with E-state index in [-0.39, 0.29) is 23.4 Å². The van der Waals surface area contributed by atoms with E-state index in [0.29, 0.717) is 17.1 Å². The van der Waals surface area contributed by atoms with E-state index < -0.39 is 0 Å². The van der Waals surface area contributed by atoms with E-state index in [9.17, 15) is 9.50 Å². The van der Waals surface area contributed by atoms with Gasteiger partial charge >= 0.3 is 0 Å². The minimum Gasteiger partial charge on any atom is -0.392 e. The monoisotopic (exact) mass is 243 g/mol. The summed E-state index contributed by atoms with van der Waals surface area (Å²) in [6.45, 7) is 3.96. The van der Waals surface area contributed by atoms with Gasteiger partial charge in [-0.3, -0.25) is 0 Å². The van der Waals surface area contributed by atoms with E-state index in [1.165, 1.54) is 18.2 Å². The fourth-order valence-electron chi connectivity index (χ4n) is 1.94. The fourth-order valence-corrected chi connectivity index (χ4v) is 2.12. The van der Waals surface area contributed by atoms with Crippen molar-refractivity contribution in [2.45, 2.75) is 32.4 Å². The maximum Gasteiger partial charge on any atom is 0.125 e. The lowest BCUT2D eigenvalue weighted by Crippen LogP contribution is -2.56. The van der Waals surface area contributed by atoms with Crippen LogP contribution in [-0.2, 0) is 0 Å². The van der Waals surface area contributed by atoms with Crippen LogP contribution >= 0.6 is 11.6 Å². The molecule has 0 spiro atoms. The summed E-state index contributed by atoms with van der Waals surface area (Å²) in [6.07, 6.45) is 0.358. The summed E-state index contributed by atoms with van der Waals surface area (Å²) in [5.41, 5.74) is 0.391. The second-order valence-electron chi connectivity index (χ2n) is 4.89. The topological polar surface area (TPSA) is 32.3 Å². The van der Waals surface area contributed by atoms with Crippen molar-refractivity contribution < 1.29 is 9.50 Å². The van der Waals surface area contributed by atoms with E-state index in [2.05, 4.69) is 5.32 Å². The van der Waals surface area contributed by atoms with E-state index in [1.54, 1.807) is 0 Å². The van der Waals surface area contributed by atoms with E-state index >= 15 is 0 Å². The molecule has 1 aliphatic rings. The first kappa shape index (κ1) is 11.7. The molecule has 2 atom stereocenters. The average Bonchev–Trinajstić information content (AvgIpc) is 2.23. The van der Waals surface area contributed by atoms with Crippen molar-refractivity contribution in [2.75, 3.05) is 5.32 Å². The highest BCUT2D eigenvalue weighted by atomic mass is 35.5. The van der Waals surface area contributed by atoms with Gasteiger partial charge in [0.15, 0.2) is 0 Å².